The zero-order chi connectivity index (χ0) is 12.1. The molecule has 0 amide bonds. The molecule has 0 aliphatic rings. The highest BCUT2D eigenvalue weighted by Gasteiger charge is 2.13. The van der Waals surface area contributed by atoms with Crippen molar-refractivity contribution in [2.75, 3.05) is 7.11 Å². The lowest BCUT2D eigenvalue weighted by atomic mass is 10.0. The maximum Gasteiger partial charge on any atom is 0.339 e. The number of hydrogen-bond donors (Lipinski definition) is 0. The van der Waals surface area contributed by atoms with E-state index in [1.54, 1.807) is 6.07 Å². The summed E-state index contributed by atoms with van der Waals surface area (Å²) in [6.45, 7) is 4.13. The fourth-order valence-electron chi connectivity index (χ4n) is 1.40. The minimum atomic E-state index is -0.496. The van der Waals surface area contributed by atoms with Crippen LogP contribution in [0.5, 0.6) is 0 Å². The smallest absolute Gasteiger partial charge is 0.339 e. The van der Waals surface area contributed by atoms with Crippen LogP contribution in [0.15, 0.2) is 12.3 Å². The summed E-state index contributed by atoms with van der Waals surface area (Å²) < 4.78 is 4.62. The Morgan fingerprint density at radius 3 is 2.81 bits per heavy atom. The van der Waals surface area contributed by atoms with E-state index in [9.17, 15) is 4.79 Å². The number of carbonyl (C=O) groups is 1. The molecule has 0 unspecified atom stereocenters. The first-order valence-corrected chi connectivity index (χ1v) is 5.05. The largest absolute Gasteiger partial charge is 0.465 e. The van der Waals surface area contributed by atoms with Crippen LogP contribution in [0.25, 0.3) is 0 Å². The van der Waals surface area contributed by atoms with Crippen molar-refractivity contribution < 1.29 is 9.53 Å². The number of pyridine rings is 1. The summed E-state index contributed by atoms with van der Waals surface area (Å²) >= 11 is 0. The molecule has 4 nitrogen and oxygen atoms in total. The molecule has 0 aliphatic heterocycles. The van der Waals surface area contributed by atoms with Crippen LogP contribution in [-0.4, -0.2) is 18.1 Å². The molecule has 0 N–H and O–H groups in total. The van der Waals surface area contributed by atoms with Crippen LogP contribution in [0.2, 0.25) is 0 Å². The van der Waals surface area contributed by atoms with E-state index < -0.39 is 5.97 Å². The normalized spacial score (nSPS) is 9.94. The molecule has 0 saturated carbocycles. The number of nitrogens with zero attached hydrogens (tertiary/aromatic N) is 2. The number of aromatic nitrogens is 1. The zero-order valence-corrected chi connectivity index (χ0v) is 9.65. The molecule has 1 heterocycles. The molecular formula is C12H14N2O2. The minimum Gasteiger partial charge on any atom is -0.465 e. The van der Waals surface area contributed by atoms with Gasteiger partial charge in [0, 0.05) is 11.9 Å². The molecule has 0 spiro atoms. The van der Waals surface area contributed by atoms with Gasteiger partial charge in [0.05, 0.1) is 18.2 Å². The first-order valence-electron chi connectivity index (χ1n) is 5.05. The van der Waals surface area contributed by atoms with Crippen molar-refractivity contribution in [2.45, 2.75) is 20.3 Å². The average Bonchev–Trinajstić information content (AvgIpc) is 2.27. The topological polar surface area (TPSA) is 63.0 Å². The number of carbonyl (C=O) groups excluding carboxylic acids is 1. The molecule has 84 valence electrons. The number of methoxy groups -OCH3 is 1. The molecular weight excluding hydrogens is 204 g/mol. The van der Waals surface area contributed by atoms with Crippen LogP contribution in [0, 0.1) is 17.2 Å². The predicted molar refractivity (Wildman–Crippen MR) is 58.8 cm³/mol. The van der Waals surface area contributed by atoms with Gasteiger partial charge in [0.2, 0.25) is 0 Å². The highest BCUT2D eigenvalue weighted by atomic mass is 16.5. The SMILES string of the molecule is COC(=O)c1cc(CC(C)C)ncc1C#N. The molecule has 0 aliphatic carbocycles. The summed E-state index contributed by atoms with van der Waals surface area (Å²) in [5, 5.41) is 8.84. The molecule has 0 aromatic carbocycles. The second kappa shape index (κ2) is 5.26. The number of ether oxygens (including phenoxy) is 1. The lowest BCUT2D eigenvalue weighted by Gasteiger charge is -2.07. The second-order valence-electron chi connectivity index (χ2n) is 3.92. The van der Waals surface area contributed by atoms with Gasteiger partial charge in [-0.05, 0) is 18.4 Å². The van der Waals surface area contributed by atoms with Gasteiger partial charge < -0.3 is 4.74 Å². The van der Waals surface area contributed by atoms with Crippen LogP contribution in [0.4, 0.5) is 0 Å². The van der Waals surface area contributed by atoms with Crippen LogP contribution in [0.1, 0.15) is 35.5 Å². The lowest BCUT2D eigenvalue weighted by molar-refractivity contribution is 0.0600. The molecule has 0 fully saturated rings. The van der Waals surface area contributed by atoms with Gasteiger partial charge in [-0.1, -0.05) is 13.8 Å². The third kappa shape index (κ3) is 2.80. The third-order valence-electron chi connectivity index (χ3n) is 2.10. The summed E-state index contributed by atoms with van der Waals surface area (Å²) in [6.07, 6.45) is 2.19. The van der Waals surface area contributed by atoms with E-state index >= 15 is 0 Å². The summed E-state index contributed by atoms with van der Waals surface area (Å²) in [4.78, 5) is 15.6. The molecule has 0 radical (unpaired) electrons. The van der Waals surface area contributed by atoms with Crippen LogP contribution < -0.4 is 0 Å². The summed E-state index contributed by atoms with van der Waals surface area (Å²) in [5.74, 6) is -0.0464. The van der Waals surface area contributed by atoms with E-state index in [-0.39, 0.29) is 11.1 Å². The van der Waals surface area contributed by atoms with Crippen LogP contribution in [0.3, 0.4) is 0 Å². The molecule has 0 atom stereocenters. The van der Waals surface area contributed by atoms with Gasteiger partial charge >= 0.3 is 5.97 Å². The Kier molecular flexibility index (Phi) is 4.01. The first-order chi connectivity index (χ1) is 7.58. The Balaban J connectivity index is 3.12. The van der Waals surface area contributed by atoms with E-state index in [1.807, 2.05) is 6.07 Å². The van der Waals surface area contributed by atoms with Crippen molar-refractivity contribution in [1.82, 2.24) is 4.98 Å². The van der Waals surface area contributed by atoms with E-state index in [2.05, 4.69) is 23.6 Å². The Bertz CT molecular complexity index is 433. The van der Waals surface area contributed by atoms with Gasteiger partial charge in [-0.3, -0.25) is 4.98 Å². The van der Waals surface area contributed by atoms with Gasteiger partial charge in [-0.2, -0.15) is 5.26 Å². The van der Waals surface area contributed by atoms with Crippen molar-refractivity contribution in [3.63, 3.8) is 0 Å². The number of nitriles is 1. The van der Waals surface area contributed by atoms with Crippen molar-refractivity contribution in [2.24, 2.45) is 5.92 Å². The zero-order valence-electron chi connectivity index (χ0n) is 9.65. The Morgan fingerprint density at radius 1 is 1.62 bits per heavy atom. The van der Waals surface area contributed by atoms with Gasteiger partial charge in [0.15, 0.2) is 0 Å². The van der Waals surface area contributed by atoms with Gasteiger partial charge in [-0.25, -0.2) is 4.79 Å². The Labute approximate surface area is 94.9 Å². The molecule has 0 bridgehead atoms. The molecule has 1 aromatic rings. The first kappa shape index (κ1) is 12.2. The maximum absolute atomic E-state index is 11.4. The second-order valence-corrected chi connectivity index (χ2v) is 3.92. The number of hydrogen-bond acceptors (Lipinski definition) is 4. The fourth-order valence-corrected chi connectivity index (χ4v) is 1.40. The predicted octanol–water partition coefficient (Wildman–Crippen LogP) is 1.94. The van der Waals surface area contributed by atoms with E-state index in [0.717, 1.165) is 12.1 Å². The molecule has 4 heteroatoms. The maximum atomic E-state index is 11.4. The quantitative estimate of drug-likeness (QED) is 0.727. The van der Waals surface area contributed by atoms with Crippen molar-refractivity contribution in [1.29, 1.82) is 5.26 Å². The standard InChI is InChI=1S/C12H14N2O2/c1-8(2)4-10-5-11(12(15)16-3)9(6-13)7-14-10/h5,7-8H,4H2,1-3H3. The Hall–Kier alpha value is -1.89. The molecule has 1 aromatic heterocycles. The van der Waals surface area contributed by atoms with Crippen LogP contribution in [-0.2, 0) is 11.2 Å². The lowest BCUT2D eigenvalue weighted by Crippen LogP contribution is -2.07. The fraction of sp³-hybridized carbons (Fsp3) is 0.417. The summed E-state index contributed by atoms with van der Waals surface area (Å²) in [7, 11) is 1.30. The number of esters is 1. The highest BCUT2D eigenvalue weighted by Crippen LogP contribution is 2.13. The van der Waals surface area contributed by atoms with E-state index in [4.69, 9.17) is 5.26 Å². The van der Waals surface area contributed by atoms with Crippen molar-refractivity contribution >= 4 is 5.97 Å². The monoisotopic (exact) mass is 218 g/mol. The van der Waals surface area contributed by atoms with Gasteiger partial charge in [0.25, 0.3) is 0 Å². The number of rotatable bonds is 3. The van der Waals surface area contributed by atoms with Gasteiger partial charge in [0.1, 0.15) is 6.07 Å². The summed E-state index contributed by atoms with van der Waals surface area (Å²) in [6, 6.07) is 3.56. The minimum absolute atomic E-state index is 0.249. The van der Waals surface area contributed by atoms with E-state index in [1.165, 1.54) is 13.3 Å². The molecule has 0 saturated heterocycles. The average molecular weight is 218 g/mol. The van der Waals surface area contributed by atoms with Gasteiger partial charge in [-0.15, -0.1) is 0 Å². The Morgan fingerprint density at radius 2 is 2.31 bits per heavy atom. The highest BCUT2D eigenvalue weighted by molar-refractivity contribution is 5.92. The summed E-state index contributed by atoms with van der Waals surface area (Å²) in [5.41, 5.74) is 1.34. The van der Waals surface area contributed by atoms with Crippen molar-refractivity contribution in [3.8, 4) is 6.07 Å². The van der Waals surface area contributed by atoms with Crippen molar-refractivity contribution in [3.05, 3.63) is 29.1 Å². The van der Waals surface area contributed by atoms with Crippen LogP contribution >= 0.6 is 0 Å². The molecule has 16 heavy (non-hydrogen) atoms. The molecule has 1 rings (SSSR count). The third-order valence-corrected chi connectivity index (χ3v) is 2.10. The van der Waals surface area contributed by atoms with E-state index in [0.29, 0.717) is 5.92 Å².